The number of fused-ring (bicyclic) bond motifs is 1. The summed E-state index contributed by atoms with van der Waals surface area (Å²) < 4.78 is 10.4. The molecular formula is C16H18N2O3. The summed E-state index contributed by atoms with van der Waals surface area (Å²) in [6.45, 7) is -0.0462. The quantitative estimate of drug-likeness (QED) is 0.666. The first kappa shape index (κ1) is 13.7. The Morgan fingerprint density at radius 1 is 1.33 bits per heavy atom. The fourth-order valence-electron chi connectivity index (χ4n) is 2.65. The topological polar surface area (TPSA) is 59.9 Å². The highest BCUT2D eigenvalue weighted by atomic mass is 16.5. The highest BCUT2D eigenvalue weighted by Crippen LogP contribution is 2.39. The van der Waals surface area contributed by atoms with Crippen LogP contribution in [-0.4, -0.2) is 25.3 Å². The van der Waals surface area contributed by atoms with E-state index in [0.717, 1.165) is 24.3 Å². The number of nitrogens with one attached hydrogen (secondary N) is 1. The molecule has 1 saturated carbocycles. The summed E-state index contributed by atoms with van der Waals surface area (Å²) >= 11 is 0. The Kier molecular flexibility index (Phi) is 3.90. The molecule has 0 aromatic heterocycles. The van der Waals surface area contributed by atoms with E-state index in [-0.39, 0.29) is 12.5 Å². The zero-order valence-electron chi connectivity index (χ0n) is 11.9. The molecule has 2 aliphatic rings. The molecule has 0 saturated heterocycles. The molecule has 1 fully saturated rings. The molecular weight excluding hydrogens is 268 g/mol. The van der Waals surface area contributed by atoms with Crippen LogP contribution in [0, 0.1) is 11.8 Å². The van der Waals surface area contributed by atoms with Crippen molar-refractivity contribution in [1.29, 1.82) is 0 Å². The second-order valence-electron chi connectivity index (χ2n) is 5.24. The second kappa shape index (κ2) is 5.99. The Hall–Kier alpha value is -2.30. The molecule has 5 nitrogen and oxygen atoms in total. The highest BCUT2D eigenvalue weighted by molar-refractivity contribution is 5.94. The average molecular weight is 286 g/mol. The molecule has 21 heavy (non-hydrogen) atoms. The van der Waals surface area contributed by atoms with Crippen molar-refractivity contribution in [3.8, 4) is 11.5 Å². The number of allylic oxidation sites excluding steroid dienone is 2. The number of benzene rings is 1. The maximum atomic E-state index is 11.7. The van der Waals surface area contributed by atoms with E-state index >= 15 is 0 Å². The molecule has 0 heterocycles. The van der Waals surface area contributed by atoms with E-state index in [1.165, 1.54) is 0 Å². The third kappa shape index (κ3) is 3.07. The smallest absolute Gasteiger partial charge is 0.277 e. The van der Waals surface area contributed by atoms with Crippen molar-refractivity contribution < 1.29 is 14.3 Å². The molecule has 0 radical (unpaired) electrons. The molecule has 1 aromatic carbocycles. The summed E-state index contributed by atoms with van der Waals surface area (Å²) in [6.07, 6.45) is 6.42. The van der Waals surface area contributed by atoms with Gasteiger partial charge in [-0.15, -0.1) is 0 Å². The lowest BCUT2D eigenvalue weighted by molar-refractivity contribution is -0.123. The zero-order valence-corrected chi connectivity index (χ0v) is 11.9. The number of hydrogen-bond acceptors (Lipinski definition) is 4. The Balaban J connectivity index is 1.43. The molecule has 5 heteroatoms. The van der Waals surface area contributed by atoms with Crippen LogP contribution >= 0.6 is 0 Å². The van der Waals surface area contributed by atoms with Gasteiger partial charge in [-0.25, -0.2) is 5.43 Å². The zero-order chi connectivity index (χ0) is 14.7. The van der Waals surface area contributed by atoms with Crippen LogP contribution in [0.25, 0.3) is 0 Å². The van der Waals surface area contributed by atoms with Crippen molar-refractivity contribution in [3.63, 3.8) is 0 Å². The van der Waals surface area contributed by atoms with E-state index in [0.29, 0.717) is 17.6 Å². The number of hydrogen-bond donors (Lipinski definition) is 1. The first-order chi connectivity index (χ1) is 10.3. The number of methoxy groups -OCH3 is 1. The van der Waals surface area contributed by atoms with Gasteiger partial charge in [0, 0.05) is 11.6 Å². The summed E-state index contributed by atoms with van der Waals surface area (Å²) in [6, 6.07) is 7.10. The number of carbonyl (C=O) groups excluding carboxylic acids is 1. The molecule has 1 N–H and O–H groups in total. The number of ether oxygens (including phenoxy) is 2. The molecule has 110 valence electrons. The summed E-state index contributed by atoms with van der Waals surface area (Å²) in [5, 5.41) is 4.19. The average Bonchev–Trinajstić information content (AvgIpc) is 2.87. The Labute approximate surface area is 123 Å². The number of hydrazone groups is 1. The molecule has 2 atom stereocenters. The summed E-state index contributed by atoms with van der Waals surface area (Å²) in [5.41, 5.74) is 3.65. The van der Waals surface area contributed by atoms with Crippen LogP contribution in [-0.2, 0) is 4.79 Å². The van der Waals surface area contributed by atoms with Gasteiger partial charge in [-0.05, 0) is 43.0 Å². The summed E-state index contributed by atoms with van der Waals surface area (Å²) in [5.74, 6) is 2.28. The number of rotatable bonds is 5. The van der Waals surface area contributed by atoms with Crippen LogP contribution in [0.5, 0.6) is 11.5 Å². The molecule has 3 rings (SSSR count). The van der Waals surface area contributed by atoms with Gasteiger partial charge in [-0.2, -0.15) is 5.10 Å². The monoisotopic (exact) mass is 286 g/mol. The molecule has 1 amide bonds. The van der Waals surface area contributed by atoms with Crippen LogP contribution in [0.2, 0.25) is 0 Å². The van der Waals surface area contributed by atoms with Gasteiger partial charge < -0.3 is 9.47 Å². The van der Waals surface area contributed by atoms with E-state index in [4.69, 9.17) is 9.47 Å². The standard InChI is InChI=1S/C16H18N2O3/c1-20-12-5-7-13(8-6-12)21-10-16(19)18-17-15-9-11-3-2-4-14(11)15/h2-3,5-8,11,14H,4,9-10H2,1H3,(H,18,19). The van der Waals surface area contributed by atoms with E-state index in [1.807, 2.05) is 0 Å². The van der Waals surface area contributed by atoms with E-state index in [9.17, 15) is 4.79 Å². The normalized spacial score (nSPS) is 24.3. The van der Waals surface area contributed by atoms with Gasteiger partial charge in [0.05, 0.1) is 7.11 Å². The molecule has 2 aliphatic carbocycles. The molecule has 1 aromatic rings. The minimum absolute atomic E-state index is 0.0462. The van der Waals surface area contributed by atoms with Gasteiger partial charge >= 0.3 is 0 Å². The summed E-state index contributed by atoms with van der Waals surface area (Å²) in [7, 11) is 1.60. The largest absolute Gasteiger partial charge is 0.497 e. The van der Waals surface area contributed by atoms with Crippen molar-refractivity contribution in [2.45, 2.75) is 12.8 Å². The first-order valence-corrected chi connectivity index (χ1v) is 7.05. The van der Waals surface area contributed by atoms with Crippen molar-refractivity contribution in [3.05, 3.63) is 36.4 Å². The van der Waals surface area contributed by atoms with Crippen molar-refractivity contribution >= 4 is 11.6 Å². The molecule has 2 unspecified atom stereocenters. The van der Waals surface area contributed by atoms with E-state index < -0.39 is 0 Å². The SMILES string of the molecule is COc1ccc(OCC(=O)NN=C2CC3C=CCC23)cc1. The highest BCUT2D eigenvalue weighted by Gasteiger charge is 2.37. The van der Waals surface area contributed by atoms with Gasteiger partial charge in [0.1, 0.15) is 11.5 Å². The number of carbonyl (C=O) groups is 1. The lowest BCUT2D eigenvalue weighted by Gasteiger charge is -2.31. The van der Waals surface area contributed by atoms with Crippen LogP contribution in [0.1, 0.15) is 12.8 Å². The van der Waals surface area contributed by atoms with Crippen molar-refractivity contribution in [2.24, 2.45) is 16.9 Å². The Morgan fingerprint density at radius 2 is 2.10 bits per heavy atom. The molecule has 0 aliphatic heterocycles. The minimum atomic E-state index is -0.243. The fraction of sp³-hybridized carbons (Fsp3) is 0.375. The lowest BCUT2D eigenvalue weighted by atomic mass is 9.74. The number of nitrogens with zero attached hydrogens (tertiary/aromatic N) is 1. The Morgan fingerprint density at radius 3 is 2.81 bits per heavy atom. The van der Waals surface area contributed by atoms with Crippen LogP contribution in [0.3, 0.4) is 0 Å². The second-order valence-corrected chi connectivity index (χ2v) is 5.24. The molecule has 0 bridgehead atoms. The third-order valence-electron chi connectivity index (χ3n) is 3.92. The molecule has 0 spiro atoms. The van der Waals surface area contributed by atoms with E-state index in [1.54, 1.807) is 31.4 Å². The van der Waals surface area contributed by atoms with Crippen LogP contribution in [0.15, 0.2) is 41.5 Å². The third-order valence-corrected chi connectivity index (χ3v) is 3.92. The van der Waals surface area contributed by atoms with Crippen molar-refractivity contribution in [2.75, 3.05) is 13.7 Å². The Bertz CT molecular complexity index is 578. The fourth-order valence-corrected chi connectivity index (χ4v) is 2.65. The van der Waals surface area contributed by atoms with E-state index in [2.05, 4.69) is 22.7 Å². The van der Waals surface area contributed by atoms with Gasteiger partial charge in [0.15, 0.2) is 6.61 Å². The van der Waals surface area contributed by atoms with Gasteiger partial charge in [0.25, 0.3) is 5.91 Å². The predicted octanol–water partition coefficient (Wildman–Crippen LogP) is 2.14. The predicted molar refractivity (Wildman–Crippen MR) is 79.4 cm³/mol. The first-order valence-electron chi connectivity index (χ1n) is 7.05. The van der Waals surface area contributed by atoms with Crippen molar-refractivity contribution in [1.82, 2.24) is 5.43 Å². The maximum Gasteiger partial charge on any atom is 0.277 e. The van der Waals surface area contributed by atoms with Gasteiger partial charge in [-0.1, -0.05) is 12.2 Å². The van der Waals surface area contributed by atoms with Crippen LogP contribution < -0.4 is 14.9 Å². The van der Waals surface area contributed by atoms with Crippen LogP contribution in [0.4, 0.5) is 0 Å². The lowest BCUT2D eigenvalue weighted by Crippen LogP contribution is -2.36. The maximum absolute atomic E-state index is 11.7. The minimum Gasteiger partial charge on any atom is -0.497 e. The summed E-state index contributed by atoms with van der Waals surface area (Å²) in [4.78, 5) is 11.7. The number of amides is 1. The van der Waals surface area contributed by atoms with Gasteiger partial charge in [0.2, 0.25) is 0 Å². The van der Waals surface area contributed by atoms with Gasteiger partial charge in [-0.3, -0.25) is 4.79 Å².